The Balaban J connectivity index is 1.30. The molecule has 1 aliphatic heterocycles. The zero-order valence-electron chi connectivity index (χ0n) is 21.3. The maximum atomic E-state index is 12.0. The summed E-state index contributed by atoms with van der Waals surface area (Å²) in [5, 5.41) is 5.39. The van der Waals surface area contributed by atoms with E-state index in [1.807, 2.05) is 0 Å². The highest BCUT2D eigenvalue weighted by Crippen LogP contribution is 2.27. The van der Waals surface area contributed by atoms with Gasteiger partial charge in [-0.05, 0) is 61.1 Å². The monoisotopic (exact) mass is 467 g/mol. The van der Waals surface area contributed by atoms with E-state index in [0.29, 0.717) is 19.2 Å². The Morgan fingerprint density at radius 2 is 1.85 bits per heavy atom. The highest BCUT2D eigenvalue weighted by atomic mass is 16.5. The molecule has 1 amide bonds. The van der Waals surface area contributed by atoms with E-state index < -0.39 is 0 Å². The van der Waals surface area contributed by atoms with Crippen LogP contribution in [-0.2, 0) is 15.9 Å². The van der Waals surface area contributed by atoms with Crippen molar-refractivity contribution in [3.05, 3.63) is 54.2 Å². The number of ether oxygens (including phenoxy) is 2. The molecule has 2 aromatic carbocycles. The van der Waals surface area contributed by atoms with Crippen LogP contribution in [0.25, 0.3) is 10.8 Å². The number of nitrogens with zero attached hydrogens (tertiary/aromatic N) is 2. The molecular weight excluding hydrogens is 426 g/mol. The van der Waals surface area contributed by atoms with E-state index in [0.717, 1.165) is 50.8 Å². The predicted molar refractivity (Wildman–Crippen MR) is 141 cm³/mol. The second-order valence-electron chi connectivity index (χ2n) is 9.54. The minimum absolute atomic E-state index is 0.231. The van der Waals surface area contributed by atoms with Gasteiger partial charge in [-0.25, -0.2) is 4.79 Å². The number of carbonyl (C=O) groups is 1. The molecule has 0 bridgehead atoms. The first-order valence-corrected chi connectivity index (χ1v) is 12.5. The molecule has 0 radical (unpaired) electrons. The maximum absolute atomic E-state index is 12.0. The van der Waals surface area contributed by atoms with Gasteiger partial charge >= 0.3 is 6.09 Å². The summed E-state index contributed by atoms with van der Waals surface area (Å²) in [6.45, 7) is 7.94. The third-order valence-corrected chi connectivity index (χ3v) is 6.72. The van der Waals surface area contributed by atoms with Crippen molar-refractivity contribution in [2.75, 3.05) is 45.8 Å². The lowest BCUT2D eigenvalue weighted by Crippen LogP contribution is -2.35. The molecule has 34 heavy (non-hydrogen) atoms. The predicted octanol–water partition coefficient (Wildman–Crippen LogP) is 5.36. The molecule has 6 nitrogen and oxygen atoms in total. The van der Waals surface area contributed by atoms with Crippen molar-refractivity contribution >= 4 is 22.6 Å². The fraction of sp³-hybridized carbons (Fsp3) is 0.536. The van der Waals surface area contributed by atoms with Crippen LogP contribution in [0, 0.1) is 0 Å². The summed E-state index contributed by atoms with van der Waals surface area (Å²) >= 11 is 0. The van der Waals surface area contributed by atoms with E-state index in [4.69, 9.17) is 9.47 Å². The first kappa shape index (κ1) is 25.9. The topological polar surface area (TPSA) is 54.0 Å². The normalized spacial score (nSPS) is 17.7. The quantitative estimate of drug-likeness (QED) is 0.426. The maximum Gasteiger partial charge on any atom is 0.407 e. The average molecular weight is 468 g/mol. The molecule has 3 rings (SSSR count). The number of rotatable bonds is 12. The number of aryl methyl sites for hydroxylation is 1. The van der Waals surface area contributed by atoms with E-state index in [-0.39, 0.29) is 12.2 Å². The molecule has 1 fully saturated rings. The van der Waals surface area contributed by atoms with Gasteiger partial charge < -0.3 is 24.6 Å². The number of likely N-dealkylation sites (tertiary alicyclic amines) is 1. The molecule has 1 heterocycles. The summed E-state index contributed by atoms with van der Waals surface area (Å²) in [7, 11) is 5.95. The molecular formula is C28H41N3O3. The van der Waals surface area contributed by atoms with Gasteiger partial charge in [0.05, 0.1) is 19.3 Å². The third-order valence-electron chi connectivity index (χ3n) is 6.72. The number of unbranched alkanes of at least 4 members (excludes halogenated alkanes) is 3. The average Bonchev–Trinajstić information content (AvgIpc) is 3.22. The number of carbonyl (C=O) groups excluding carboxylic acids is 1. The summed E-state index contributed by atoms with van der Waals surface area (Å²) < 4.78 is 10.8. The summed E-state index contributed by atoms with van der Waals surface area (Å²) in [5.74, 6) is 0. The molecule has 2 aromatic rings. The highest BCUT2D eigenvalue weighted by molar-refractivity contribution is 5.87. The van der Waals surface area contributed by atoms with Gasteiger partial charge in [-0.15, -0.1) is 0 Å². The smallest absolute Gasteiger partial charge is 0.407 e. The van der Waals surface area contributed by atoms with E-state index in [2.05, 4.69) is 79.1 Å². The molecule has 0 spiro atoms. The summed E-state index contributed by atoms with van der Waals surface area (Å²) in [5.41, 5.74) is 3.58. The second kappa shape index (κ2) is 12.7. The van der Waals surface area contributed by atoms with Crippen molar-refractivity contribution in [3.8, 4) is 0 Å². The van der Waals surface area contributed by atoms with Gasteiger partial charge in [0.25, 0.3) is 0 Å². The second-order valence-corrected chi connectivity index (χ2v) is 9.54. The number of hydrogen-bond acceptors (Lipinski definition) is 5. The third kappa shape index (κ3) is 7.13. The van der Waals surface area contributed by atoms with Gasteiger partial charge in [0.15, 0.2) is 0 Å². The van der Waals surface area contributed by atoms with Gasteiger partial charge in [0.1, 0.15) is 0 Å². The zero-order valence-corrected chi connectivity index (χ0v) is 21.3. The lowest BCUT2D eigenvalue weighted by molar-refractivity contribution is 0.111. The SMILES string of the molecule is C=C(CNC(=O)OCCCCCCc1cc2ccccc2cc1N(C)C)N1CC(OC)CC1C. The number of amides is 1. The minimum atomic E-state index is -0.372. The standard InChI is InChI=1S/C28H41N3O3/c1-21-16-26(33-5)20-31(21)22(2)19-29-28(32)34-15-11-7-6-8-14-25-17-23-12-9-10-13-24(23)18-27(25)30(3)4/h9-10,12-13,17-18,21,26H,2,6-8,11,14-16,19-20H2,1,3-5H3,(H,29,32). The van der Waals surface area contributed by atoms with Gasteiger partial charge in [-0.3, -0.25) is 0 Å². The van der Waals surface area contributed by atoms with Crippen molar-refractivity contribution in [1.29, 1.82) is 0 Å². The first-order valence-electron chi connectivity index (χ1n) is 12.5. The van der Waals surface area contributed by atoms with Crippen LogP contribution in [0.15, 0.2) is 48.7 Å². The van der Waals surface area contributed by atoms with Crippen LogP contribution >= 0.6 is 0 Å². The van der Waals surface area contributed by atoms with Crippen molar-refractivity contribution in [1.82, 2.24) is 10.2 Å². The zero-order chi connectivity index (χ0) is 24.5. The van der Waals surface area contributed by atoms with Crippen LogP contribution in [0.1, 0.15) is 44.6 Å². The van der Waals surface area contributed by atoms with Crippen LogP contribution < -0.4 is 10.2 Å². The Labute approximate surface area is 204 Å². The Kier molecular flexibility index (Phi) is 9.63. The largest absolute Gasteiger partial charge is 0.450 e. The van der Waals surface area contributed by atoms with Crippen molar-refractivity contribution < 1.29 is 14.3 Å². The number of benzene rings is 2. The van der Waals surface area contributed by atoms with Gasteiger partial charge in [-0.1, -0.05) is 43.7 Å². The van der Waals surface area contributed by atoms with Gasteiger partial charge in [0.2, 0.25) is 0 Å². The lowest BCUT2D eigenvalue weighted by atomic mass is 9.99. The molecule has 2 unspecified atom stereocenters. The van der Waals surface area contributed by atoms with Crippen LogP contribution in [0.3, 0.4) is 0 Å². The van der Waals surface area contributed by atoms with Crippen LogP contribution in [0.4, 0.5) is 10.5 Å². The van der Waals surface area contributed by atoms with Gasteiger partial charge in [0, 0.05) is 45.2 Å². The number of nitrogens with one attached hydrogen (secondary N) is 1. The van der Waals surface area contributed by atoms with Crippen molar-refractivity contribution in [3.63, 3.8) is 0 Å². The van der Waals surface area contributed by atoms with E-state index in [1.165, 1.54) is 22.0 Å². The Bertz CT molecular complexity index is 959. The highest BCUT2D eigenvalue weighted by Gasteiger charge is 2.29. The Morgan fingerprint density at radius 3 is 2.53 bits per heavy atom. The molecule has 0 saturated carbocycles. The molecule has 1 N–H and O–H groups in total. The lowest BCUT2D eigenvalue weighted by Gasteiger charge is -2.25. The first-order chi connectivity index (χ1) is 16.4. The van der Waals surface area contributed by atoms with E-state index in [9.17, 15) is 4.79 Å². The minimum Gasteiger partial charge on any atom is -0.450 e. The number of hydrogen-bond donors (Lipinski definition) is 1. The number of alkyl carbamates (subject to hydrolysis) is 1. The molecule has 0 aromatic heterocycles. The number of fused-ring (bicyclic) bond motifs is 1. The molecule has 186 valence electrons. The van der Waals surface area contributed by atoms with Crippen LogP contribution in [-0.4, -0.2) is 64.0 Å². The molecule has 0 aliphatic carbocycles. The molecule has 1 saturated heterocycles. The van der Waals surface area contributed by atoms with Crippen LogP contribution in [0.2, 0.25) is 0 Å². The number of anilines is 1. The van der Waals surface area contributed by atoms with Crippen LogP contribution in [0.5, 0.6) is 0 Å². The Morgan fingerprint density at radius 1 is 1.15 bits per heavy atom. The van der Waals surface area contributed by atoms with Gasteiger partial charge in [-0.2, -0.15) is 0 Å². The fourth-order valence-electron chi connectivity index (χ4n) is 4.75. The Hall–Kier alpha value is -2.73. The van der Waals surface area contributed by atoms with Crippen molar-refractivity contribution in [2.24, 2.45) is 0 Å². The summed E-state index contributed by atoms with van der Waals surface area (Å²) in [4.78, 5) is 16.4. The fourth-order valence-corrected chi connectivity index (χ4v) is 4.75. The number of methoxy groups -OCH3 is 1. The molecule has 2 atom stereocenters. The van der Waals surface area contributed by atoms with Crippen molar-refractivity contribution in [2.45, 2.75) is 57.6 Å². The summed E-state index contributed by atoms with van der Waals surface area (Å²) in [6.07, 6.45) is 6.08. The molecule has 6 heteroatoms. The molecule has 1 aliphatic rings. The summed E-state index contributed by atoms with van der Waals surface area (Å²) in [6, 6.07) is 13.5. The van der Waals surface area contributed by atoms with E-state index in [1.54, 1.807) is 7.11 Å². The van der Waals surface area contributed by atoms with E-state index >= 15 is 0 Å².